The van der Waals surface area contributed by atoms with E-state index in [4.69, 9.17) is 4.74 Å². The minimum absolute atomic E-state index is 0.290. The Hall–Kier alpha value is -2.51. The van der Waals surface area contributed by atoms with Gasteiger partial charge < -0.3 is 15.0 Å². The van der Waals surface area contributed by atoms with Crippen LogP contribution in [-0.2, 0) is 4.74 Å². The second-order valence-corrected chi connectivity index (χ2v) is 6.75. The molecule has 0 atom stereocenters. The lowest BCUT2D eigenvalue weighted by Gasteiger charge is -2.25. The summed E-state index contributed by atoms with van der Waals surface area (Å²) >= 11 is 1.59. The Balaban J connectivity index is 1.55. The third-order valence-electron chi connectivity index (χ3n) is 4.00. The molecule has 25 heavy (non-hydrogen) atoms. The van der Waals surface area contributed by atoms with E-state index in [9.17, 15) is 9.18 Å². The van der Waals surface area contributed by atoms with Crippen LogP contribution in [0.1, 0.15) is 10.4 Å². The number of hydrogen-bond donors (Lipinski definition) is 1. The Morgan fingerprint density at radius 1 is 1.20 bits per heavy atom. The summed E-state index contributed by atoms with van der Waals surface area (Å²) in [5.74, 6) is -0.766. The number of fused-ring (bicyclic) bond motifs is 1. The van der Waals surface area contributed by atoms with Crippen molar-refractivity contribution in [2.24, 2.45) is 0 Å². The first-order valence-electron chi connectivity index (χ1n) is 7.99. The van der Waals surface area contributed by atoms with E-state index >= 15 is 0 Å². The van der Waals surface area contributed by atoms with Crippen molar-refractivity contribution in [1.29, 1.82) is 0 Å². The lowest BCUT2D eigenvalue weighted by molar-refractivity contribution is 0.102. The first-order chi connectivity index (χ1) is 12.2. The number of benzene rings is 2. The van der Waals surface area contributed by atoms with Crippen molar-refractivity contribution in [3.05, 3.63) is 53.8 Å². The van der Waals surface area contributed by atoms with Crippen LogP contribution in [0.5, 0.6) is 0 Å². The zero-order chi connectivity index (χ0) is 17.2. The molecule has 1 fully saturated rings. The summed E-state index contributed by atoms with van der Waals surface area (Å²) in [5, 5.41) is 3.77. The molecule has 1 amide bonds. The fourth-order valence-corrected chi connectivity index (χ4v) is 3.77. The van der Waals surface area contributed by atoms with Crippen LogP contribution in [0.15, 0.2) is 42.5 Å². The number of carbonyl (C=O) groups excluding carboxylic acids is 1. The summed E-state index contributed by atoms with van der Waals surface area (Å²) in [6.45, 7) is 3.10. The monoisotopic (exact) mass is 357 g/mol. The summed E-state index contributed by atoms with van der Waals surface area (Å²) < 4.78 is 19.6. The number of hydrogen-bond acceptors (Lipinski definition) is 5. The van der Waals surface area contributed by atoms with Crippen molar-refractivity contribution in [1.82, 2.24) is 4.98 Å². The highest BCUT2D eigenvalue weighted by Gasteiger charge is 2.16. The first-order valence-corrected chi connectivity index (χ1v) is 8.81. The molecule has 1 N–H and O–H groups in total. The number of ether oxygens (including phenoxy) is 1. The number of amides is 1. The van der Waals surface area contributed by atoms with Gasteiger partial charge in [-0.2, -0.15) is 0 Å². The molecule has 0 saturated carbocycles. The molecule has 4 rings (SSSR count). The molecule has 1 aromatic heterocycles. The van der Waals surface area contributed by atoms with E-state index in [1.54, 1.807) is 17.4 Å². The van der Waals surface area contributed by atoms with E-state index in [1.807, 2.05) is 18.2 Å². The zero-order valence-corrected chi connectivity index (χ0v) is 14.2. The van der Waals surface area contributed by atoms with Crippen LogP contribution in [0.4, 0.5) is 15.2 Å². The van der Waals surface area contributed by atoms with Crippen LogP contribution in [0.2, 0.25) is 0 Å². The number of thiazole rings is 1. The highest BCUT2D eigenvalue weighted by Crippen LogP contribution is 2.31. The van der Waals surface area contributed by atoms with Gasteiger partial charge in [0.15, 0.2) is 5.13 Å². The number of halogens is 1. The summed E-state index contributed by atoms with van der Waals surface area (Å²) in [7, 11) is 0. The molecule has 0 radical (unpaired) electrons. The lowest BCUT2D eigenvalue weighted by atomic mass is 10.2. The normalized spacial score (nSPS) is 14.7. The van der Waals surface area contributed by atoms with Crippen molar-refractivity contribution in [2.75, 3.05) is 36.5 Å². The van der Waals surface area contributed by atoms with Crippen molar-refractivity contribution >= 4 is 38.3 Å². The third-order valence-corrected chi connectivity index (χ3v) is 5.08. The van der Waals surface area contributed by atoms with E-state index in [1.165, 1.54) is 18.2 Å². The molecule has 1 saturated heterocycles. The summed E-state index contributed by atoms with van der Waals surface area (Å²) in [6.07, 6.45) is 0. The summed E-state index contributed by atoms with van der Waals surface area (Å²) in [6, 6.07) is 11.2. The average molecular weight is 357 g/mol. The molecule has 2 heterocycles. The average Bonchev–Trinajstić information content (AvgIpc) is 3.06. The number of anilines is 2. The summed E-state index contributed by atoms with van der Waals surface area (Å²) in [5.41, 5.74) is 1.85. The van der Waals surface area contributed by atoms with Crippen LogP contribution in [0, 0.1) is 5.82 Å². The largest absolute Gasteiger partial charge is 0.378 e. The predicted molar refractivity (Wildman–Crippen MR) is 97.0 cm³/mol. The van der Waals surface area contributed by atoms with Gasteiger partial charge in [0.25, 0.3) is 5.91 Å². The van der Waals surface area contributed by atoms with Gasteiger partial charge in [0.05, 0.1) is 23.4 Å². The van der Waals surface area contributed by atoms with E-state index in [-0.39, 0.29) is 5.91 Å². The predicted octanol–water partition coefficient (Wildman–Crippen LogP) is 3.52. The van der Waals surface area contributed by atoms with Crippen LogP contribution >= 0.6 is 11.3 Å². The molecule has 1 aliphatic rings. The van der Waals surface area contributed by atoms with E-state index < -0.39 is 5.82 Å². The Bertz CT molecular complexity index is 922. The Labute approximate surface area is 148 Å². The lowest BCUT2D eigenvalue weighted by Crippen LogP contribution is -2.36. The molecule has 0 spiro atoms. The quantitative estimate of drug-likeness (QED) is 0.779. The number of morpholine rings is 1. The maximum absolute atomic E-state index is 13.3. The van der Waals surface area contributed by atoms with Gasteiger partial charge in [-0.1, -0.05) is 17.4 Å². The number of nitrogens with one attached hydrogen (secondary N) is 1. The molecular weight excluding hydrogens is 341 g/mol. The number of nitrogens with zero attached hydrogens (tertiary/aromatic N) is 2. The fourth-order valence-electron chi connectivity index (χ4n) is 2.71. The number of rotatable bonds is 3. The van der Waals surface area contributed by atoms with Gasteiger partial charge in [0.2, 0.25) is 0 Å². The molecule has 0 bridgehead atoms. The highest BCUT2D eigenvalue weighted by atomic mass is 32.1. The van der Waals surface area contributed by atoms with Gasteiger partial charge in [-0.15, -0.1) is 0 Å². The van der Waals surface area contributed by atoms with Crippen molar-refractivity contribution in [3.8, 4) is 0 Å². The van der Waals surface area contributed by atoms with Crippen LogP contribution in [0.25, 0.3) is 10.2 Å². The zero-order valence-electron chi connectivity index (χ0n) is 13.4. The number of carbonyl (C=O) groups is 1. The minimum atomic E-state index is -0.430. The van der Waals surface area contributed by atoms with Gasteiger partial charge in [0, 0.05) is 24.3 Å². The van der Waals surface area contributed by atoms with Crippen molar-refractivity contribution < 1.29 is 13.9 Å². The van der Waals surface area contributed by atoms with Gasteiger partial charge >= 0.3 is 0 Å². The molecule has 2 aromatic carbocycles. The van der Waals surface area contributed by atoms with Gasteiger partial charge in [-0.05, 0) is 36.4 Å². The molecular formula is C18H16FN3O2S. The third kappa shape index (κ3) is 3.47. The molecule has 1 aliphatic heterocycles. The van der Waals surface area contributed by atoms with Gasteiger partial charge in [-0.25, -0.2) is 9.37 Å². The van der Waals surface area contributed by atoms with Gasteiger partial charge in [-0.3, -0.25) is 4.79 Å². The Morgan fingerprint density at radius 2 is 2.04 bits per heavy atom. The fraction of sp³-hybridized carbons (Fsp3) is 0.222. The van der Waals surface area contributed by atoms with E-state index in [2.05, 4.69) is 15.2 Å². The van der Waals surface area contributed by atoms with Gasteiger partial charge in [0.1, 0.15) is 5.82 Å². The highest BCUT2D eigenvalue weighted by molar-refractivity contribution is 7.22. The molecule has 0 unspecified atom stereocenters. The Kier molecular flexibility index (Phi) is 4.33. The summed E-state index contributed by atoms with van der Waals surface area (Å²) in [4.78, 5) is 19.1. The van der Waals surface area contributed by atoms with Crippen LogP contribution < -0.4 is 10.2 Å². The minimum Gasteiger partial charge on any atom is -0.378 e. The molecule has 128 valence electrons. The van der Waals surface area contributed by atoms with Crippen molar-refractivity contribution in [2.45, 2.75) is 0 Å². The van der Waals surface area contributed by atoms with E-state index in [0.717, 1.165) is 28.4 Å². The molecule has 3 aromatic rings. The van der Waals surface area contributed by atoms with E-state index in [0.29, 0.717) is 24.5 Å². The molecule has 7 heteroatoms. The standard InChI is InChI=1S/C18H16FN3O2S/c19-13-3-1-2-12(10-13)17(23)20-14-4-5-15-16(11-14)25-18(21-15)22-6-8-24-9-7-22/h1-5,10-11H,6-9H2,(H,20,23). The van der Waals surface area contributed by atoms with Crippen LogP contribution in [0.3, 0.4) is 0 Å². The first kappa shape index (κ1) is 16.0. The number of aromatic nitrogens is 1. The Morgan fingerprint density at radius 3 is 2.84 bits per heavy atom. The SMILES string of the molecule is O=C(Nc1ccc2nc(N3CCOCC3)sc2c1)c1cccc(F)c1. The topological polar surface area (TPSA) is 54.5 Å². The van der Waals surface area contributed by atoms with Crippen LogP contribution in [-0.4, -0.2) is 37.2 Å². The smallest absolute Gasteiger partial charge is 0.255 e. The second-order valence-electron chi connectivity index (χ2n) is 5.74. The maximum atomic E-state index is 13.3. The second kappa shape index (κ2) is 6.78. The maximum Gasteiger partial charge on any atom is 0.255 e. The molecule has 0 aliphatic carbocycles. The van der Waals surface area contributed by atoms with Crippen molar-refractivity contribution in [3.63, 3.8) is 0 Å². The molecule has 5 nitrogen and oxygen atoms in total.